The topological polar surface area (TPSA) is 69.4 Å². The van der Waals surface area contributed by atoms with Crippen molar-refractivity contribution in [2.24, 2.45) is 0 Å². The van der Waals surface area contributed by atoms with Crippen molar-refractivity contribution in [2.45, 2.75) is 19.3 Å². The molecule has 1 rings (SSSR count). The molecular formula is C13H15NO4. The van der Waals surface area contributed by atoms with E-state index in [4.69, 9.17) is 4.74 Å². The van der Waals surface area contributed by atoms with Gasteiger partial charge >= 0.3 is 5.97 Å². The van der Waals surface area contributed by atoms with Crippen LogP contribution in [0.3, 0.4) is 0 Å². The highest BCUT2D eigenvalue weighted by molar-refractivity contribution is 5.80. The number of hydrogen-bond acceptors (Lipinski definition) is 4. The zero-order valence-electron chi connectivity index (χ0n) is 10.4. The molecule has 0 fully saturated rings. The van der Waals surface area contributed by atoms with E-state index in [0.29, 0.717) is 12.0 Å². The summed E-state index contributed by atoms with van der Waals surface area (Å²) in [5.41, 5.74) is 1.05. The second-order valence-corrected chi connectivity index (χ2v) is 4.05. The number of allylic oxidation sites excluding steroid dienone is 1. The Balaban J connectivity index is 3.24. The van der Waals surface area contributed by atoms with Crippen LogP contribution in [0.2, 0.25) is 0 Å². The predicted molar refractivity (Wildman–Crippen MR) is 67.3 cm³/mol. The average Bonchev–Trinajstić information content (AvgIpc) is 2.34. The van der Waals surface area contributed by atoms with Crippen LogP contribution >= 0.6 is 0 Å². The fourth-order valence-corrected chi connectivity index (χ4v) is 1.76. The molecule has 0 aliphatic heterocycles. The molecule has 96 valence electrons. The molecule has 0 amide bonds. The van der Waals surface area contributed by atoms with Gasteiger partial charge in [-0.05, 0) is 13.3 Å². The molecule has 0 N–H and O–H groups in total. The van der Waals surface area contributed by atoms with Crippen LogP contribution in [0.5, 0.6) is 0 Å². The molecule has 1 aromatic rings. The summed E-state index contributed by atoms with van der Waals surface area (Å²) in [5.74, 6) is -1.18. The van der Waals surface area contributed by atoms with Crippen molar-refractivity contribution in [1.29, 1.82) is 0 Å². The molecule has 0 aromatic heterocycles. The Labute approximate surface area is 105 Å². The SMILES string of the molecule is C=C(C)CC(C(=O)OC)c1ccccc1[N+](=O)[O-]. The third-order valence-electron chi connectivity index (χ3n) is 2.55. The summed E-state index contributed by atoms with van der Waals surface area (Å²) in [6, 6.07) is 6.18. The summed E-state index contributed by atoms with van der Waals surface area (Å²) < 4.78 is 4.70. The molecule has 0 aliphatic carbocycles. The highest BCUT2D eigenvalue weighted by Gasteiger charge is 2.28. The summed E-state index contributed by atoms with van der Waals surface area (Å²) in [5, 5.41) is 11.0. The molecule has 1 aromatic carbocycles. The van der Waals surface area contributed by atoms with Crippen molar-refractivity contribution in [1.82, 2.24) is 0 Å². The molecule has 0 bridgehead atoms. The van der Waals surface area contributed by atoms with Crippen LogP contribution in [0.4, 0.5) is 5.69 Å². The van der Waals surface area contributed by atoms with Gasteiger partial charge < -0.3 is 4.74 Å². The largest absolute Gasteiger partial charge is 0.469 e. The van der Waals surface area contributed by atoms with Crippen LogP contribution in [-0.4, -0.2) is 18.0 Å². The normalized spacial score (nSPS) is 11.7. The lowest BCUT2D eigenvalue weighted by atomic mass is 9.91. The Bertz CT molecular complexity index is 482. The monoisotopic (exact) mass is 249 g/mol. The maximum atomic E-state index is 11.7. The van der Waals surface area contributed by atoms with Crippen molar-refractivity contribution in [3.05, 3.63) is 52.1 Å². The van der Waals surface area contributed by atoms with Crippen molar-refractivity contribution in [3.8, 4) is 0 Å². The lowest BCUT2D eigenvalue weighted by Gasteiger charge is -2.14. The summed E-state index contributed by atoms with van der Waals surface area (Å²) in [7, 11) is 1.27. The van der Waals surface area contributed by atoms with E-state index >= 15 is 0 Å². The Morgan fingerprint density at radius 3 is 2.61 bits per heavy atom. The number of para-hydroxylation sites is 1. The number of methoxy groups -OCH3 is 1. The number of hydrogen-bond donors (Lipinski definition) is 0. The van der Waals surface area contributed by atoms with Gasteiger partial charge in [0.05, 0.1) is 18.0 Å². The smallest absolute Gasteiger partial charge is 0.313 e. The van der Waals surface area contributed by atoms with E-state index in [1.165, 1.54) is 13.2 Å². The first-order chi connectivity index (χ1) is 8.47. The standard InChI is InChI=1S/C13H15NO4/c1-9(2)8-11(13(15)18-3)10-6-4-5-7-12(10)14(16)17/h4-7,11H,1,8H2,2-3H3. The van der Waals surface area contributed by atoms with Crippen LogP contribution in [0.25, 0.3) is 0 Å². The highest BCUT2D eigenvalue weighted by atomic mass is 16.6. The quantitative estimate of drug-likeness (QED) is 0.348. The Morgan fingerprint density at radius 1 is 1.50 bits per heavy atom. The molecule has 1 atom stereocenters. The van der Waals surface area contributed by atoms with E-state index in [2.05, 4.69) is 6.58 Å². The summed E-state index contributed by atoms with van der Waals surface area (Å²) in [6.07, 6.45) is 0.331. The van der Waals surface area contributed by atoms with Gasteiger partial charge in [-0.1, -0.05) is 23.8 Å². The van der Waals surface area contributed by atoms with Gasteiger partial charge in [0.15, 0.2) is 0 Å². The minimum atomic E-state index is -0.686. The lowest BCUT2D eigenvalue weighted by molar-refractivity contribution is -0.385. The van der Waals surface area contributed by atoms with Crippen LogP contribution in [-0.2, 0) is 9.53 Å². The van der Waals surface area contributed by atoms with E-state index in [1.807, 2.05) is 0 Å². The molecule has 1 unspecified atom stereocenters. The number of nitrogens with zero attached hydrogens (tertiary/aromatic N) is 1. The first kappa shape index (κ1) is 13.9. The number of rotatable bonds is 5. The second-order valence-electron chi connectivity index (χ2n) is 4.05. The summed E-state index contributed by atoms with van der Waals surface area (Å²) in [6.45, 7) is 5.50. The highest BCUT2D eigenvalue weighted by Crippen LogP contribution is 2.31. The fraction of sp³-hybridized carbons (Fsp3) is 0.308. The van der Waals surface area contributed by atoms with Gasteiger partial charge in [0.2, 0.25) is 0 Å². The van der Waals surface area contributed by atoms with E-state index in [1.54, 1.807) is 25.1 Å². The molecule has 5 nitrogen and oxygen atoms in total. The van der Waals surface area contributed by atoms with Crippen molar-refractivity contribution in [2.75, 3.05) is 7.11 Å². The van der Waals surface area contributed by atoms with E-state index < -0.39 is 16.8 Å². The maximum absolute atomic E-state index is 11.7. The Hall–Kier alpha value is -2.17. The van der Waals surface area contributed by atoms with Crippen LogP contribution < -0.4 is 0 Å². The lowest BCUT2D eigenvalue weighted by Crippen LogP contribution is -2.16. The number of benzene rings is 1. The molecule has 0 spiro atoms. The molecular weight excluding hydrogens is 234 g/mol. The molecule has 5 heteroatoms. The van der Waals surface area contributed by atoms with E-state index in [0.717, 1.165) is 5.57 Å². The molecule has 18 heavy (non-hydrogen) atoms. The summed E-state index contributed by atoms with van der Waals surface area (Å²) in [4.78, 5) is 22.2. The van der Waals surface area contributed by atoms with Crippen molar-refractivity contribution < 1.29 is 14.5 Å². The van der Waals surface area contributed by atoms with Gasteiger partial charge in [-0.3, -0.25) is 14.9 Å². The number of esters is 1. The van der Waals surface area contributed by atoms with E-state index in [9.17, 15) is 14.9 Å². The third kappa shape index (κ3) is 3.16. The van der Waals surface area contributed by atoms with Crippen LogP contribution in [0, 0.1) is 10.1 Å². The predicted octanol–water partition coefficient (Wildman–Crippen LogP) is 2.82. The maximum Gasteiger partial charge on any atom is 0.313 e. The molecule has 0 radical (unpaired) electrons. The zero-order chi connectivity index (χ0) is 13.7. The molecule has 0 aliphatic rings. The number of carbonyl (C=O) groups excluding carboxylic acids is 1. The Morgan fingerprint density at radius 2 is 2.11 bits per heavy atom. The fourth-order valence-electron chi connectivity index (χ4n) is 1.76. The number of nitro groups is 1. The van der Waals surface area contributed by atoms with Gasteiger partial charge in [-0.15, -0.1) is 6.58 Å². The average molecular weight is 249 g/mol. The van der Waals surface area contributed by atoms with Gasteiger partial charge in [0.1, 0.15) is 0 Å². The number of ether oxygens (including phenoxy) is 1. The van der Waals surface area contributed by atoms with Gasteiger partial charge in [-0.25, -0.2) is 0 Å². The molecule has 0 saturated heterocycles. The van der Waals surface area contributed by atoms with Crippen molar-refractivity contribution in [3.63, 3.8) is 0 Å². The van der Waals surface area contributed by atoms with Crippen LogP contribution in [0.1, 0.15) is 24.8 Å². The first-order valence-electron chi connectivity index (χ1n) is 5.43. The first-order valence-corrected chi connectivity index (χ1v) is 5.43. The van der Waals surface area contributed by atoms with Gasteiger partial charge in [0.25, 0.3) is 5.69 Å². The summed E-state index contributed by atoms with van der Waals surface area (Å²) >= 11 is 0. The minimum Gasteiger partial charge on any atom is -0.469 e. The third-order valence-corrected chi connectivity index (χ3v) is 2.55. The minimum absolute atomic E-state index is 0.0749. The number of carbonyl (C=O) groups is 1. The van der Waals surface area contributed by atoms with Gasteiger partial charge in [-0.2, -0.15) is 0 Å². The van der Waals surface area contributed by atoms with Crippen molar-refractivity contribution >= 4 is 11.7 Å². The zero-order valence-corrected chi connectivity index (χ0v) is 10.4. The van der Waals surface area contributed by atoms with E-state index in [-0.39, 0.29) is 5.69 Å². The molecule has 0 heterocycles. The number of nitro benzene ring substituents is 1. The van der Waals surface area contributed by atoms with Crippen LogP contribution in [0.15, 0.2) is 36.4 Å². The molecule has 0 saturated carbocycles. The Kier molecular flexibility index (Phi) is 4.59. The second kappa shape index (κ2) is 5.95. The van der Waals surface area contributed by atoms with Gasteiger partial charge in [0, 0.05) is 11.6 Å².